The van der Waals surface area contributed by atoms with Crippen LogP contribution < -0.4 is 10.1 Å². The predicted octanol–water partition coefficient (Wildman–Crippen LogP) is 3.12. The Balaban J connectivity index is 1.89. The molecule has 1 atom stereocenters. The summed E-state index contributed by atoms with van der Waals surface area (Å²) in [6.07, 6.45) is 2.02. The van der Waals surface area contributed by atoms with Gasteiger partial charge in [-0.15, -0.1) is 0 Å². The van der Waals surface area contributed by atoms with E-state index in [4.69, 9.17) is 4.74 Å². The molecule has 2 aromatic carbocycles. The monoisotopic (exact) mass is 253 g/mol. The van der Waals surface area contributed by atoms with Crippen LogP contribution in [0.5, 0.6) is 5.75 Å². The maximum atomic E-state index is 5.81. The second-order valence-electron chi connectivity index (χ2n) is 4.96. The van der Waals surface area contributed by atoms with Gasteiger partial charge in [-0.25, -0.2) is 0 Å². The third kappa shape index (κ3) is 2.49. The molecule has 0 fully saturated rings. The summed E-state index contributed by atoms with van der Waals surface area (Å²) >= 11 is 0. The lowest BCUT2D eigenvalue weighted by atomic mass is 9.96. The number of hydrogen-bond donors (Lipinski definition) is 1. The second kappa shape index (κ2) is 5.45. The van der Waals surface area contributed by atoms with Gasteiger partial charge in [0.2, 0.25) is 0 Å². The summed E-state index contributed by atoms with van der Waals surface area (Å²) in [6, 6.07) is 17.4. The molecule has 19 heavy (non-hydrogen) atoms. The molecule has 2 aromatic rings. The van der Waals surface area contributed by atoms with Crippen LogP contribution in [-0.4, -0.2) is 13.7 Å². The first kappa shape index (κ1) is 12.2. The minimum absolute atomic E-state index is 0.301. The minimum Gasteiger partial charge on any atom is -0.493 e. The van der Waals surface area contributed by atoms with Gasteiger partial charge in [0.25, 0.3) is 0 Å². The van der Waals surface area contributed by atoms with Gasteiger partial charge in [-0.05, 0) is 24.6 Å². The van der Waals surface area contributed by atoms with Crippen LogP contribution in [0.3, 0.4) is 0 Å². The number of likely N-dealkylation sites (N-methyl/N-ethyl adjacent to an activating group) is 1. The highest BCUT2D eigenvalue weighted by Crippen LogP contribution is 2.34. The van der Waals surface area contributed by atoms with E-state index >= 15 is 0 Å². The molecule has 0 radical (unpaired) electrons. The van der Waals surface area contributed by atoms with Crippen molar-refractivity contribution in [2.24, 2.45) is 0 Å². The lowest BCUT2D eigenvalue weighted by molar-refractivity contribution is 0.349. The molecule has 2 heteroatoms. The highest BCUT2D eigenvalue weighted by molar-refractivity contribution is 5.46. The highest BCUT2D eigenvalue weighted by Gasteiger charge is 2.21. The summed E-state index contributed by atoms with van der Waals surface area (Å²) in [5.74, 6) is 1.10. The van der Waals surface area contributed by atoms with Gasteiger partial charge in [-0.2, -0.15) is 0 Å². The third-order valence-electron chi connectivity index (χ3n) is 3.75. The second-order valence-corrected chi connectivity index (χ2v) is 4.96. The molecule has 3 rings (SSSR count). The first-order chi connectivity index (χ1) is 9.38. The summed E-state index contributed by atoms with van der Waals surface area (Å²) in [5.41, 5.74) is 3.96. The van der Waals surface area contributed by atoms with Gasteiger partial charge < -0.3 is 10.1 Å². The van der Waals surface area contributed by atoms with E-state index in [9.17, 15) is 0 Å². The third-order valence-corrected chi connectivity index (χ3v) is 3.75. The van der Waals surface area contributed by atoms with Crippen LogP contribution in [0.25, 0.3) is 0 Å². The summed E-state index contributed by atoms with van der Waals surface area (Å²) in [4.78, 5) is 0. The van der Waals surface area contributed by atoms with Gasteiger partial charge in [0, 0.05) is 18.0 Å². The Hall–Kier alpha value is -1.80. The standard InChI is InChI=1S/C17H19NO/c1-18-16(12-13-6-3-2-4-7-13)15-9-5-8-14-10-11-19-17(14)15/h2-9,16,18H,10-12H2,1H3. The van der Waals surface area contributed by atoms with Crippen molar-refractivity contribution < 1.29 is 4.74 Å². The quantitative estimate of drug-likeness (QED) is 0.904. The SMILES string of the molecule is CNC(Cc1ccccc1)c1cccc2c1OCC2. The molecule has 0 bridgehead atoms. The molecule has 1 unspecified atom stereocenters. The normalized spacial score (nSPS) is 14.8. The zero-order valence-electron chi connectivity index (χ0n) is 11.2. The highest BCUT2D eigenvalue weighted by atomic mass is 16.5. The zero-order chi connectivity index (χ0) is 13.1. The van der Waals surface area contributed by atoms with E-state index in [2.05, 4.69) is 53.8 Å². The Labute approximate surface area is 114 Å². The Morgan fingerprint density at radius 1 is 1.11 bits per heavy atom. The topological polar surface area (TPSA) is 21.3 Å². The Bertz CT molecular complexity index is 550. The first-order valence-electron chi connectivity index (χ1n) is 6.84. The molecule has 1 N–H and O–H groups in total. The summed E-state index contributed by atoms with van der Waals surface area (Å²) in [6.45, 7) is 0.814. The largest absolute Gasteiger partial charge is 0.493 e. The van der Waals surface area contributed by atoms with Crippen molar-refractivity contribution in [2.75, 3.05) is 13.7 Å². The van der Waals surface area contributed by atoms with E-state index in [-0.39, 0.29) is 0 Å². The van der Waals surface area contributed by atoms with Crippen molar-refractivity contribution in [2.45, 2.75) is 18.9 Å². The fourth-order valence-electron chi connectivity index (χ4n) is 2.73. The molecule has 0 aliphatic carbocycles. The average Bonchev–Trinajstić information content (AvgIpc) is 2.94. The van der Waals surface area contributed by atoms with Crippen LogP contribution in [-0.2, 0) is 12.8 Å². The van der Waals surface area contributed by atoms with Crippen LogP contribution in [0.1, 0.15) is 22.7 Å². The van der Waals surface area contributed by atoms with Crippen molar-refractivity contribution in [1.29, 1.82) is 0 Å². The average molecular weight is 253 g/mol. The van der Waals surface area contributed by atoms with Crippen molar-refractivity contribution in [1.82, 2.24) is 5.32 Å². The molecular weight excluding hydrogens is 234 g/mol. The van der Waals surface area contributed by atoms with Gasteiger partial charge in [-0.3, -0.25) is 0 Å². The van der Waals surface area contributed by atoms with E-state index in [0.29, 0.717) is 6.04 Å². The lowest BCUT2D eigenvalue weighted by Gasteiger charge is -2.19. The number of rotatable bonds is 4. The number of para-hydroxylation sites is 1. The number of benzene rings is 2. The van der Waals surface area contributed by atoms with Crippen LogP contribution in [0.4, 0.5) is 0 Å². The molecule has 0 spiro atoms. The van der Waals surface area contributed by atoms with Crippen LogP contribution in [0.15, 0.2) is 48.5 Å². The van der Waals surface area contributed by atoms with Crippen molar-refractivity contribution in [3.63, 3.8) is 0 Å². The van der Waals surface area contributed by atoms with E-state index in [1.54, 1.807) is 0 Å². The van der Waals surface area contributed by atoms with Crippen LogP contribution in [0, 0.1) is 0 Å². The van der Waals surface area contributed by atoms with Gasteiger partial charge in [0.1, 0.15) is 5.75 Å². The molecule has 0 saturated carbocycles. The Kier molecular flexibility index (Phi) is 3.51. The van der Waals surface area contributed by atoms with Crippen molar-refractivity contribution in [3.05, 3.63) is 65.2 Å². The van der Waals surface area contributed by atoms with Gasteiger partial charge in [0.05, 0.1) is 6.61 Å². The lowest BCUT2D eigenvalue weighted by Crippen LogP contribution is -2.19. The molecule has 2 nitrogen and oxygen atoms in total. The van der Waals surface area contributed by atoms with Crippen molar-refractivity contribution >= 4 is 0 Å². The molecule has 1 heterocycles. The number of hydrogen-bond acceptors (Lipinski definition) is 2. The van der Waals surface area contributed by atoms with E-state index in [0.717, 1.165) is 25.2 Å². The molecule has 0 saturated heterocycles. The zero-order valence-corrected chi connectivity index (χ0v) is 11.2. The maximum absolute atomic E-state index is 5.81. The van der Waals surface area contributed by atoms with Gasteiger partial charge in [-0.1, -0.05) is 48.5 Å². The number of ether oxygens (including phenoxy) is 1. The minimum atomic E-state index is 0.301. The number of fused-ring (bicyclic) bond motifs is 1. The van der Waals surface area contributed by atoms with Gasteiger partial charge in [0.15, 0.2) is 0 Å². The first-order valence-corrected chi connectivity index (χ1v) is 6.84. The van der Waals surface area contributed by atoms with Crippen molar-refractivity contribution in [3.8, 4) is 5.75 Å². The van der Waals surface area contributed by atoms with E-state index in [1.807, 2.05) is 7.05 Å². The van der Waals surface area contributed by atoms with Crippen LogP contribution >= 0.6 is 0 Å². The number of nitrogens with one attached hydrogen (secondary N) is 1. The molecule has 1 aliphatic rings. The summed E-state index contributed by atoms with van der Waals surface area (Å²) in [5, 5.41) is 3.42. The molecule has 0 aromatic heterocycles. The predicted molar refractivity (Wildman–Crippen MR) is 77.6 cm³/mol. The van der Waals surface area contributed by atoms with Gasteiger partial charge >= 0.3 is 0 Å². The molecular formula is C17H19NO. The molecule has 98 valence electrons. The smallest absolute Gasteiger partial charge is 0.127 e. The maximum Gasteiger partial charge on any atom is 0.127 e. The summed E-state index contributed by atoms with van der Waals surface area (Å²) in [7, 11) is 2.02. The Morgan fingerprint density at radius 3 is 2.74 bits per heavy atom. The van der Waals surface area contributed by atoms with E-state index in [1.165, 1.54) is 16.7 Å². The van der Waals surface area contributed by atoms with E-state index < -0.39 is 0 Å². The fraction of sp³-hybridized carbons (Fsp3) is 0.294. The molecule has 0 amide bonds. The van der Waals surface area contributed by atoms with Crippen LogP contribution in [0.2, 0.25) is 0 Å². The summed E-state index contributed by atoms with van der Waals surface area (Å²) < 4.78 is 5.81. The molecule has 1 aliphatic heterocycles. The Morgan fingerprint density at radius 2 is 1.95 bits per heavy atom. The fourth-order valence-corrected chi connectivity index (χ4v) is 2.73.